The van der Waals surface area contributed by atoms with Gasteiger partial charge in [-0.15, -0.1) is 5.10 Å². The SMILES string of the molecule is CC(C)C1=NN(c2ccccc2)[S+]([O-])N1. The van der Waals surface area contributed by atoms with Crippen LogP contribution in [-0.2, 0) is 11.5 Å². The van der Waals surface area contributed by atoms with Crippen molar-refractivity contribution in [2.24, 2.45) is 11.0 Å². The van der Waals surface area contributed by atoms with Crippen molar-refractivity contribution in [3.63, 3.8) is 0 Å². The molecule has 1 heterocycles. The molecule has 5 heteroatoms. The molecular formula is C10H13N3OS. The summed E-state index contributed by atoms with van der Waals surface area (Å²) in [5.74, 6) is 1.01. The molecule has 0 aromatic heterocycles. The van der Waals surface area contributed by atoms with Crippen LogP contribution in [0.25, 0.3) is 0 Å². The van der Waals surface area contributed by atoms with Gasteiger partial charge < -0.3 is 4.55 Å². The lowest BCUT2D eigenvalue weighted by atomic mass is 10.2. The zero-order chi connectivity index (χ0) is 10.8. The molecule has 1 aliphatic rings. The fraction of sp³-hybridized carbons (Fsp3) is 0.300. The third-order valence-electron chi connectivity index (χ3n) is 2.07. The van der Waals surface area contributed by atoms with E-state index in [4.69, 9.17) is 0 Å². The van der Waals surface area contributed by atoms with Crippen molar-refractivity contribution < 1.29 is 4.55 Å². The van der Waals surface area contributed by atoms with Gasteiger partial charge in [0.1, 0.15) is 5.69 Å². The first-order chi connectivity index (χ1) is 7.18. The molecule has 15 heavy (non-hydrogen) atoms. The number of hydrogen-bond donors (Lipinski definition) is 1. The summed E-state index contributed by atoms with van der Waals surface area (Å²) >= 11 is -1.28. The predicted octanol–water partition coefficient (Wildman–Crippen LogP) is 1.64. The summed E-state index contributed by atoms with van der Waals surface area (Å²) in [5.41, 5.74) is 0.832. The van der Waals surface area contributed by atoms with Crippen molar-refractivity contribution in [1.29, 1.82) is 0 Å². The Hall–Kier alpha value is -1.20. The van der Waals surface area contributed by atoms with Gasteiger partial charge in [-0.05, 0) is 12.1 Å². The maximum atomic E-state index is 11.7. The Kier molecular flexibility index (Phi) is 2.83. The number of nitrogens with one attached hydrogen (secondary N) is 1. The van der Waals surface area contributed by atoms with Crippen molar-refractivity contribution in [2.75, 3.05) is 4.41 Å². The number of benzene rings is 1. The first kappa shape index (κ1) is 10.3. The van der Waals surface area contributed by atoms with Crippen LogP contribution in [0.3, 0.4) is 0 Å². The Morgan fingerprint density at radius 3 is 2.53 bits per heavy atom. The molecule has 0 saturated heterocycles. The average Bonchev–Trinajstić information content (AvgIpc) is 2.62. The largest absolute Gasteiger partial charge is 0.567 e. The molecule has 4 nitrogen and oxygen atoms in total. The van der Waals surface area contributed by atoms with Gasteiger partial charge in [0.25, 0.3) is 0 Å². The number of amidine groups is 1. The molecule has 0 radical (unpaired) electrons. The van der Waals surface area contributed by atoms with E-state index in [2.05, 4.69) is 9.82 Å². The molecule has 1 unspecified atom stereocenters. The monoisotopic (exact) mass is 223 g/mol. The number of hydrogen-bond acceptors (Lipinski definition) is 4. The highest BCUT2D eigenvalue weighted by Gasteiger charge is 2.31. The van der Waals surface area contributed by atoms with E-state index < -0.39 is 11.5 Å². The van der Waals surface area contributed by atoms with Crippen molar-refractivity contribution in [3.8, 4) is 0 Å². The third-order valence-corrected chi connectivity index (χ3v) is 3.06. The molecule has 0 saturated carbocycles. The highest BCUT2D eigenvalue weighted by molar-refractivity contribution is 7.91. The molecule has 0 bridgehead atoms. The lowest BCUT2D eigenvalue weighted by Crippen LogP contribution is -2.33. The fourth-order valence-electron chi connectivity index (χ4n) is 1.23. The molecule has 1 N–H and O–H groups in total. The van der Waals surface area contributed by atoms with Gasteiger partial charge in [-0.1, -0.05) is 36.5 Å². The summed E-state index contributed by atoms with van der Waals surface area (Å²) in [5, 5.41) is 4.28. The molecule has 2 rings (SSSR count). The van der Waals surface area contributed by atoms with Crippen molar-refractivity contribution in [3.05, 3.63) is 30.3 Å². The number of rotatable bonds is 2. The Morgan fingerprint density at radius 2 is 2.00 bits per heavy atom. The summed E-state index contributed by atoms with van der Waals surface area (Å²) in [7, 11) is 0. The van der Waals surface area contributed by atoms with Crippen molar-refractivity contribution in [1.82, 2.24) is 4.72 Å². The smallest absolute Gasteiger partial charge is 0.219 e. The highest BCUT2D eigenvalue weighted by atomic mass is 32.2. The van der Waals surface area contributed by atoms with Crippen LogP contribution in [0, 0.1) is 5.92 Å². The third kappa shape index (κ3) is 2.08. The summed E-state index contributed by atoms with van der Waals surface area (Å²) in [6, 6.07) is 9.48. The van der Waals surface area contributed by atoms with E-state index in [1.54, 1.807) is 0 Å². The standard InChI is InChI=1S/C10H13N3OS/c1-8(2)10-11-13(15(14)12-10)9-6-4-3-5-7-9/h3-8H,1-2H3,(H,11,12). The summed E-state index contributed by atoms with van der Waals surface area (Å²) in [6.07, 6.45) is 0. The normalized spacial score (nSPS) is 20.4. The van der Waals surface area contributed by atoms with E-state index in [1.165, 1.54) is 4.41 Å². The Bertz CT molecular complexity index is 366. The van der Waals surface area contributed by atoms with Gasteiger partial charge in [0.2, 0.25) is 11.5 Å². The minimum atomic E-state index is -1.28. The molecule has 0 fully saturated rings. The van der Waals surface area contributed by atoms with Crippen molar-refractivity contribution in [2.45, 2.75) is 13.8 Å². The van der Waals surface area contributed by atoms with Gasteiger partial charge in [0.05, 0.1) is 0 Å². The second kappa shape index (κ2) is 4.12. The first-order valence-corrected chi connectivity index (χ1v) is 5.91. The topological polar surface area (TPSA) is 50.7 Å². The minimum Gasteiger partial charge on any atom is -0.567 e. The van der Waals surface area contributed by atoms with Crippen LogP contribution in [0.1, 0.15) is 13.8 Å². The van der Waals surface area contributed by atoms with E-state index in [-0.39, 0.29) is 5.92 Å². The van der Waals surface area contributed by atoms with E-state index in [0.29, 0.717) is 0 Å². The van der Waals surface area contributed by atoms with E-state index in [0.717, 1.165) is 11.5 Å². The van der Waals surface area contributed by atoms with E-state index in [9.17, 15) is 4.55 Å². The number of anilines is 1. The number of para-hydroxylation sites is 1. The molecular weight excluding hydrogens is 210 g/mol. The van der Waals surface area contributed by atoms with E-state index in [1.807, 2.05) is 44.2 Å². The fourth-order valence-corrected chi connectivity index (χ4v) is 2.25. The second-order valence-corrected chi connectivity index (χ2v) is 4.65. The molecule has 1 aromatic rings. The summed E-state index contributed by atoms with van der Waals surface area (Å²) < 4.78 is 16.0. The maximum Gasteiger partial charge on any atom is 0.219 e. The summed E-state index contributed by atoms with van der Waals surface area (Å²) in [6.45, 7) is 4.02. The Balaban J connectivity index is 2.24. The molecule has 1 atom stereocenters. The molecule has 0 aliphatic carbocycles. The van der Waals surface area contributed by atoms with Gasteiger partial charge >= 0.3 is 0 Å². The second-order valence-electron chi connectivity index (χ2n) is 3.60. The first-order valence-electron chi connectivity index (χ1n) is 4.80. The highest BCUT2D eigenvalue weighted by Crippen LogP contribution is 2.21. The minimum absolute atomic E-state index is 0.252. The molecule has 0 amide bonds. The Labute approximate surface area is 92.4 Å². The lowest BCUT2D eigenvalue weighted by molar-refractivity contribution is 0.591. The van der Waals surface area contributed by atoms with Gasteiger partial charge in [0.15, 0.2) is 5.84 Å². The van der Waals surface area contributed by atoms with Crippen LogP contribution in [0.15, 0.2) is 35.4 Å². The average molecular weight is 223 g/mol. The maximum absolute atomic E-state index is 11.7. The molecule has 1 aliphatic heterocycles. The molecule has 1 aromatic carbocycles. The van der Waals surface area contributed by atoms with E-state index >= 15 is 0 Å². The Morgan fingerprint density at radius 1 is 1.33 bits per heavy atom. The van der Waals surface area contributed by atoms with Crippen LogP contribution in [0.4, 0.5) is 5.69 Å². The molecule has 0 spiro atoms. The molecule has 80 valence electrons. The van der Waals surface area contributed by atoms with Crippen LogP contribution in [-0.4, -0.2) is 10.4 Å². The summed E-state index contributed by atoms with van der Waals surface area (Å²) in [4.78, 5) is 0. The van der Waals surface area contributed by atoms with Gasteiger partial charge in [-0.25, -0.2) is 0 Å². The van der Waals surface area contributed by atoms with Crippen LogP contribution >= 0.6 is 0 Å². The van der Waals surface area contributed by atoms with Gasteiger partial charge in [-0.2, -0.15) is 4.72 Å². The van der Waals surface area contributed by atoms with Crippen molar-refractivity contribution >= 4 is 23.1 Å². The van der Waals surface area contributed by atoms with Gasteiger partial charge in [0, 0.05) is 5.92 Å². The van der Waals surface area contributed by atoms with Crippen LogP contribution in [0.5, 0.6) is 0 Å². The predicted molar refractivity (Wildman–Crippen MR) is 62.5 cm³/mol. The zero-order valence-electron chi connectivity index (χ0n) is 8.68. The lowest BCUT2D eigenvalue weighted by Gasteiger charge is -2.12. The zero-order valence-corrected chi connectivity index (χ0v) is 9.49. The van der Waals surface area contributed by atoms with Crippen LogP contribution < -0.4 is 9.14 Å². The van der Waals surface area contributed by atoms with Crippen LogP contribution in [0.2, 0.25) is 0 Å². The van der Waals surface area contributed by atoms with Gasteiger partial charge in [-0.3, -0.25) is 0 Å². The number of nitrogens with zero attached hydrogens (tertiary/aromatic N) is 2. The number of hydrazone groups is 1. The quantitative estimate of drug-likeness (QED) is 0.775.